The lowest BCUT2D eigenvalue weighted by Gasteiger charge is -2.34. The number of nitrogens with zero attached hydrogens (tertiary/aromatic N) is 3. The molecular formula is C13H19N5O2. The number of rotatable bonds is 3. The quantitative estimate of drug-likeness (QED) is 0.595. The smallest absolute Gasteiger partial charge is 0.272 e. The molecule has 3 N–H and O–H groups in total. The average Bonchev–Trinajstić information content (AvgIpc) is 2.46. The molecule has 0 aromatic carbocycles. The Hall–Kier alpha value is -2.15. The molecule has 20 heavy (non-hydrogen) atoms. The normalized spacial score (nSPS) is 18.7. The van der Waals surface area contributed by atoms with Gasteiger partial charge in [0, 0.05) is 32.5 Å². The maximum atomic E-state index is 11.9. The van der Waals surface area contributed by atoms with Gasteiger partial charge in [-0.15, -0.1) is 0 Å². The van der Waals surface area contributed by atoms with Crippen LogP contribution in [0.1, 0.15) is 10.5 Å². The third-order valence-corrected chi connectivity index (χ3v) is 3.15. The van der Waals surface area contributed by atoms with Crippen molar-refractivity contribution in [3.05, 3.63) is 24.0 Å². The Morgan fingerprint density at radius 2 is 2.35 bits per heavy atom. The fourth-order valence-corrected chi connectivity index (χ4v) is 2.03. The number of hydrogen-bond acceptors (Lipinski definition) is 5. The summed E-state index contributed by atoms with van der Waals surface area (Å²) in [6, 6.07) is 3.60. The zero-order chi connectivity index (χ0) is 14.7. The van der Waals surface area contributed by atoms with Gasteiger partial charge in [0.25, 0.3) is 5.91 Å². The monoisotopic (exact) mass is 277 g/mol. The number of carbonyl (C=O) groups is 1. The van der Waals surface area contributed by atoms with E-state index in [-0.39, 0.29) is 11.7 Å². The number of carbonyl (C=O) groups excluding carboxylic acids is 1. The van der Waals surface area contributed by atoms with Crippen molar-refractivity contribution in [1.29, 1.82) is 5.41 Å². The van der Waals surface area contributed by atoms with Crippen LogP contribution in [0.4, 0.5) is 5.69 Å². The fourth-order valence-electron chi connectivity index (χ4n) is 2.03. The van der Waals surface area contributed by atoms with Crippen LogP contribution in [0.3, 0.4) is 0 Å². The summed E-state index contributed by atoms with van der Waals surface area (Å²) in [5.41, 5.74) is 6.77. The molecule has 2 rings (SSSR count). The number of nitrogens with one attached hydrogen (secondary N) is 1. The molecule has 7 heteroatoms. The van der Waals surface area contributed by atoms with Crippen molar-refractivity contribution in [2.75, 3.05) is 38.7 Å². The number of amidine groups is 1. The molecule has 1 aromatic heterocycles. The van der Waals surface area contributed by atoms with Gasteiger partial charge < -0.3 is 20.3 Å². The van der Waals surface area contributed by atoms with E-state index < -0.39 is 6.10 Å². The molecule has 0 saturated carbocycles. The summed E-state index contributed by atoms with van der Waals surface area (Å²) in [4.78, 5) is 19.5. The first-order chi connectivity index (χ1) is 9.49. The lowest BCUT2D eigenvalue weighted by molar-refractivity contribution is 0.0819. The Bertz CT molecular complexity index is 517. The number of nitrogens with two attached hydrogens (primary N) is 1. The number of pyridine rings is 1. The third-order valence-electron chi connectivity index (χ3n) is 3.15. The van der Waals surface area contributed by atoms with Crippen molar-refractivity contribution < 1.29 is 9.53 Å². The highest BCUT2D eigenvalue weighted by molar-refractivity contribution is 5.92. The number of hydrogen-bond donors (Lipinski definition) is 2. The molecule has 1 saturated heterocycles. The summed E-state index contributed by atoms with van der Waals surface area (Å²) < 4.78 is 5.43. The molecule has 108 valence electrons. The molecule has 2 heterocycles. The maximum Gasteiger partial charge on any atom is 0.272 e. The third kappa shape index (κ3) is 3.05. The van der Waals surface area contributed by atoms with Gasteiger partial charge in [0.2, 0.25) is 0 Å². The van der Waals surface area contributed by atoms with Gasteiger partial charge in [0.15, 0.2) is 0 Å². The number of aromatic nitrogens is 1. The van der Waals surface area contributed by atoms with Crippen molar-refractivity contribution in [3.63, 3.8) is 0 Å². The van der Waals surface area contributed by atoms with Gasteiger partial charge in [0.05, 0.1) is 13.2 Å². The van der Waals surface area contributed by atoms with E-state index in [2.05, 4.69) is 4.98 Å². The Morgan fingerprint density at radius 3 is 3.00 bits per heavy atom. The van der Waals surface area contributed by atoms with E-state index in [1.54, 1.807) is 26.4 Å². The summed E-state index contributed by atoms with van der Waals surface area (Å²) in [5, 5.41) is 7.46. The summed E-state index contributed by atoms with van der Waals surface area (Å²) in [6.07, 6.45) is 1.22. The van der Waals surface area contributed by atoms with Gasteiger partial charge in [-0.1, -0.05) is 0 Å². The van der Waals surface area contributed by atoms with Crippen molar-refractivity contribution in [2.24, 2.45) is 5.73 Å². The molecule has 1 aliphatic rings. The Labute approximate surface area is 117 Å². The highest BCUT2D eigenvalue weighted by Crippen LogP contribution is 2.18. The van der Waals surface area contributed by atoms with Crippen LogP contribution >= 0.6 is 0 Å². The summed E-state index contributed by atoms with van der Waals surface area (Å²) >= 11 is 0. The van der Waals surface area contributed by atoms with E-state index in [1.165, 1.54) is 4.90 Å². The van der Waals surface area contributed by atoms with E-state index in [9.17, 15) is 4.79 Å². The van der Waals surface area contributed by atoms with E-state index in [0.29, 0.717) is 25.4 Å². The largest absolute Gasteiger partial charge is 0.385 e. The first-order valence-corrected chi connectivity index (χ1v) is 6.37. The van der Waals surface area contributed by atoms with Crippen LogP contribution in [0.2, 0.25) is 0 Å². The highest BCUT2D eigenvalue weighted by atomic mass is 16.5. The number of ether oxygens (including phenoxy) is 1. The Balaban J connectivity index is 2.18. The van der Waals surface area contributed by atoms with Crippen molar-refractivity contribution >= 4 is 17.4 Å². The van der Waals surface area contributed by atoms with Gasteiger partial charge in [-0.3, -0.25) is 15.2 Å². The molecule has 1 amide bonds. The summed E-state index contributed by atoms with van der Waals surface area (Å²) in [7, 11) is 3.38. The second-order valence-electron chi connectivity index (χ2n) is 4.86. The lowest BCUT2D eigenvalue weighted by atomic mass is 10.2. The molecule has 0 aliphatic carbocycles. The molecule has 1 fully saturated rings. The van der Waals surface area contributed by atoms with Gasteiger partial charge in [-0.2, -0.15) is 0 Å². The van der Waals surface area contributed by atoms with Crippen LogP contribution in [0, 0.1) is 5.41 Å². The van der Waals surface area contributed by atoms with Crippen molar-refractivity contribution in [2.45, 2.75) is 6.10 Å². The van der Waals surface area contributed by atoms with Crippen LogP contribution in [-0.4, -0.2) is 61.5 Å². The molecule has 0 radical (unpaired) electrons. The Kier molecular flexibility index (Phi) is 4.19. The van der Waals surface area contributed by atoms with Crippen LogP contribution in [0.15, 0.2) is 18.3 Å². The summed E-state index contributed by atoms with van der Waals surface area (Å²) in [5.74, 6) is -0.114. The van der Waals surface area contributed by atoms with Crippen LogP contribution < -0.4 is 10.6 Å². The predicted molar refractivity (Wildman–Crippen MR) is 76.1 cm³/mol. The average molecular weight is 277 g/mol. The molecule has 0 bridgehead atoms. The molecule has 0 spiro atoms. The zero-order valence-corrected chi connectivity index (χ0v) is 11.7. The second-order valence-corrected chi connectivity index (χ2v) is 4.86. The fraction of sp³-hybridized carbons (Fsp3) is 0.462. The number of morpholine rings is 1. The lowest BCUT2D eigenvalue weighted by Crippen LogP contribution is -2.48. The SMILES string of the molecule is CN(C)C(=O)c1cc(N2CCOC(C(=N)N)C2)ccn1. The van der Waals surface area contributed by atoms with Gasteiger partial charge in [-0.05, 0) is 12.1 Å². The van der Waals surface area contributed by atoms with Crippen molar-refractivity contribution in [3.8, 4) is 0 Å². The van der Waals surface area contributed by atoms with Crippen molar-refractivity contribution in [1.82, 2.24) is 9.88 Å². The minimum atomic E-state index is -0.398. The minimum absolute atomic E-state index is 0.0216. The zero-order valence-electron chi connectivity index (χ0n) is 11.7. The Morgan fingerprint density at radius 1 is 1.60 bits per heavy atom. The first kappa shape index (κ1) is 14.3. The first-order valence-electron chi connectivity index (χ1n) is 6.37. The van der Waals surface area contributed by atoms with Crippen LogP contribution in [0.25, 0.3) is 0 Å². The molecule has 1 aliphatic heterocycles. The summed E-state index contributed by atoms with van der Waals surface area (Å²) in [6.45, 7) is 1.71. The number of anilines is 1. The van der Waals surface area contributed by atoms with E-state index in [4.69, 9.17) is 15.9 Å². The molecule has 1 atom stereocenters. The maximum absolute atomic E-state index is 11.9. The van der Waals surface area contributed by atoms with Gasteiger partial charge >= 0.3 is 0 Å². The van der Waals surface area contributed by atoms with E-state index in [1.807, 2.05) is 11.0 Å². The molecule has 1 unspecified atom stereocenters. The molecule has 7 nitrogen and oxygen atoms in total. The number of amides is 1. The molecular weight excluding hydrogens is 258 g/mol. The van der Waals surface area contributed by atoms with Gasteiger partial charge in [-0.25, -0.2) is 0 Å². The van der Waals surface area contributed by atoms with Gasteiger partial charge in [0.1, 0.15) is 17.6 Å². The standard InChI is InChI=1S/C13H19N5O2/c1-17(2)13(19)10-7-9(3-4-16-10)18-5-6-20-11(8-18)12(14)15/h3-4,7,11H,5-6,8H2,1-2H3,(H3,14,15). The highest BCUT2D eigenvalue weighted by Gasteiger charge is 2.23. The molecule has 1 aromatic rings. The van der Waals surface area contributed by atoms with E-state index in [0.717, 1.165) is 5.69 Å². The van der Waals surface area contributed by atoms with Crippen LogP contribution in [-0.2, 0) is 4.74 Å². The van der Waals surface area contributed by atoms with E-state index >= 15 is 0 Å². The van der Waals surface area contributed by atoms with Crippen LogP contribution in [0.5, 0.6) is 0 Å². The predicted octanol–water partition coefficient (Wildman–Crippen LogP) is -0.0754. The minimum Gasteiger partial charge on any atom is -0.385 e. The second kappa shape index (κ2) is 5.87. The topological polar surface area (TPSA) is 95.5 Å².